The third-order valence-corrected chi connectivity index (χ3v) is 1.68. The highest BCUT2D eigenvalue weighted by Crippen LogP contribution is 2.13. The fraction of sp³-hybridized carbons (Fsp3) is 0.286. The van der Waals surface area contributed by atoms with Crippen LogP contribution in [0.15, 0.2) is 12.3 Å². The second-order valence-corrected chi connectivity index (χ2v) is 2.61. The van der Waals surface area contributed by atoms with Gasteiger partial charge in [0.05, 0.1) is 6.10 Å². The van der Waals surface area contributed by atoms with Crippen LogP contribution in [0.2, 0.25) is 0 Å². The van der Waals surface area contributed by atoms with Crippen molar-refractivity contribution in [1.82, 2.24) is 20.4 Å². The Labute approximate surface area is 68.4 Å². The Morgan fingerprint density at radius 2 is 2.33 bits per heavy atom. The van der Waals surface area contributed by atoms with Crippen LogP contribution >= 0.6 is 0 Å². The summed E-state index contributed by atoms with van der Waals surface area (Å²) in [5.74, 6) is 0. The number of aliphatic hydroxyl groups excluding tert-OH is 1. The van der Waals surface area contributed by atoms with E-state index in [1.807, 2.05) is 0 Å². The average molecular weight is 164 g/mol. The number of hydrogen-bond acceptors (Lipinski definition) is 4. The summed E-state index contributed by atoms with van der Waals surface area (Å²) in [4.78, 5) is 4.00. The van der Waals surface area contributed by atoms with E-state index >= 15 is 0 Å². The van der Waals surface area contributed by atoms with Crippen molar-refractivity contribution in [3.8, 4) is 0 Å². The molecule has 0 saturated heterocycles. The lowest BCUT2D eigenvalue weighted by molar-refractivity contribution is 0.199. The molecule has 0 aliphatic carbocycles. The van der Waals surface area contributed by atoms with Gasteiger partial charge in [0.1, 0.15) is 5.52 Å². The van der Waals surface area contributed by atoms with Crippen LogP contribution < -0.4 is 0 Å². The lowest BCUT2D eigenvalue weighted by Gasteiger charge is -2.01. The SMILES string of the molecule is C[C@@H](O)c1cnc2n[nH]nc2c1. The van der Waals surface area contributed by atoms with E-state index in [4.69, 9.17) is 0 Å². The number of fused-ring (bicyclic) bond motifs is 1. The summed E-state index contributed by atoms with van der Waals surface area (Å²) in [7, 11) is 0. The lowest BCUT2D eigenvalue weighted by atomic mass is 10.2. The van der Waals surface area contributed by atoms with Crippen molar-refractivity contribution < 1.29 is 5.11 Å². The Morgan fingerprint density at radius 3 is 3.08 bits per heavy atom. The zero-order valence-corrected chi connectivity index (χ0v) is 6.52. The third kappa shape index (κ3) is 1.04. The van der Waals surface area contributed by atoms with E-state index in [-0.39, 0.29) is 0 Å². The summed E-state index contributed by atoms with van der Waals surface area (Å²) in [6, 6.07) is 1.76. The molecule has 0 bridgehead atoms. The van der Waals surface area contributed by atoms with Crippen LogP contribution in [0.5, 0.6) is 0 Å². The summed E-state index contributed by atoms with van der Waals surface area (Å²) in [5, 5.41) is 19.3. The number of nitrogens with zero attached hydrogens (tertiary/aromatic N) is 3. The van der Waals surface area contributed by atoms with Gasteiger partial charge in [-0.15, -0.1) is 5.10 Å². The highest BCUT2D eigenvalue weighted by molar-refractivity contribution is 5.69. The number of nitrogens with one attached hydrogen (secondary N) is 1. The molecule has 0 radical (unpaired) electrons. The monoisotopic (exact) mass is 164 g/mol. The second-order valence-electron chi connectivity index (χ2n) is 2.61. The van der Waals surface area contributed by atoms with E-state index in [9.17, 15) is 5.11 Å². The molecule has 0 aliphatic rings. The van der Waals surface area contributed by atoms with Gasteiger partial charge in [-0.3, -0.25) is 0 Å². The number of aromatic amines is 1. The van der Waals surface area contributed by atoms with Crippen molar-refractivity contribution >= 4 is 11.2 Å². The minimum absolute atomic E-state index is 0.515. The van der Waals surface area contributed by atoms with Gasteiger partial charge in [0.15, 0.2) is 0 Å². The van der Waals surface area contributed by atoms with E-state index in [0.717, 1.165) is 5.56 Å². The molecule has 0 aromatic carbocycles. The Morgan fingerprint density at radius 1 is 1.50 bits per heavy atom. The minimum Gasteiger partial charge on any atom is -0.389 e. The first-order valence-electron chi connectivity index (χ1n) is 3.62. The normalized spacial score (nSPS) is 13.5. The molecule has 5 nitrogen and oxygen atoms in total. The molecule has 2 rings (SSSR count). The quantitative estimate of drug-likeness (QED) is 0.640. The van der Waals surface area contributed by atoms with Gasteiger partial charge in [-0.05, 0) is 13.0 Å². The predicted molar refractivity (Wildman–Crippen MR) is 42.3 cm³/mol. The van der Waals surface area contributed by atoms with Crippen LogP contribution in [0.25, 0.3) is 11.2 Å². The first kappa shape index (κ1) is 7.17. The maximum absolute atomic E-state index is 9.22. The van der Waals surface area contributed by atoms with Gasteiger partial charge in [-0.2, -0.15) is 10.3 Å². The smallest absolute Gasteiger partial charge is 0.201 e. The highest BCUT2D eigenvalue weighted by atomic mass is 16.3. The Hall–Kier alpha value is -1.49. The molecule has 0 aliphatic heterocycles. The van der Waals surface area contributed by atoms with Gasteiger partial charge >= 0.3 is 0 Å². The highest BCUT2D eigenvalue weighted by Gasteiger charge is 2.04. The molecule has 0 saturated carbocycles. The minimum atomic E-state index is -0.515. The first-order valence-corrected chi connectivity index (χ1v) is 3.62. The van der Waals surface area contributed by atoms with E-state index in [2.05, 4.69) is 20.4 Å². The molecule has 2 N–H and O–H groups in total. The fourth-order valence-electron chi connectivity index (χ4n) is 0.985. The van der Waals surface area contributed by atoms with Crippen LogP contribution in [0, 0.1) is 0 Å². The lowest BCUT2D eigenvalue weighted by Crippen LogP contribution is -1.91. The van der Waals surface area contributed by atoms with E-state index in [1.165, 1.54) is 0 Å². The van der Waals surface area contributed by atoms with E-state index < -0.39 is 6.10 Å². The van der Waals surface area contributed by atoms with E-state index in [1.54, 1.807) is 19.2 Å². The van der Waals surface area contributed by atoms with Crippen molar-refractivity contribution in [2.75, 3.05) is 0 Å². The number of aromatic nitrogens is 4. The Balaban J connectivity index is 2.60. The number of aliphatic hydroxyl groups is 1. The molecule has 62 valence electrons. The van der Waals surface area contributed by atoms with Gasteiger partial charge in [-0.25, -0.2) is 4.98 Å². The molecule has 0 fully saturated rings. The van der Waals surface area contributed by atoms with Crippen molar-refractivity contribution in [2.45, 2.75) is 13.0 Å². The molecule has 0 spiro atoms. The zero-order chi connectivity index (χ0) is 8.55. The standard InChI is InChI=1S/C7H8N4O/c1-4(12)5-2-6-7(8-3-5)10-11-9-6/h2-4,12H,1H3,(H,8,9,10,11)/t4-/m1/s1. The second kappa shape index (κ2) is 2.53. The molecule has 2 aromatic rings. The van der Waals surface area contributed by atoms with Gasteiger partial charge in [0, 0.05) is 11.8 Å². The molecule has 5 heteroatoms. The van der Waals surface area contributed by atoms with Crippen LogP contribution in [0.1, 0.15) is 18.6 Å². The topological polar surface area (TPSA) is 74.7 Å². The number of H-pyrrole nitrogens is 1. The van der Waals surface area contributed by atoms with Gasteiger partial charge in [-0.1, -0.05) is 0 Å². The largest absolute Gasteiger partial charge is 0.389 e. The molecule has 0 unspecified atom stereocenters. The number of hydrogen-bond donors (Lipinski definition) is 2. The van der Waals surface area contributed by atoms with Crippen molar-refractivity contribution in [3.63, 3.8) is 0 Å². The molecule has 1 atom stereocenters. The summed E-state index contributed by atoms with van der Waals surface area (Å²) >= 11 is 0. The number of rotatable bonds is 1. The number of pyridine rings is 1. The zero-order valence-electron chi connectivity index (χ0n) is 6.52. The molecular formula is C7H8N4O. The summed E-state index contributed by atoms with van der Waals surface area (Å²) < 4.78 is 0. The Kier molecular flexibility index (Phi) is 1.51. The van der Waals surface area contributed by atoms with Crippen molar-refractivity contribution in [1.29, 1.82) is 0 Å². The Bertz CT molecular complexity index is 395. The van der Waals surface area contributed by atoms with Crippen LogP contribution in [0.4, 0.5) is 0 Å². The molecule has 2 heterocycles. The summed E-state index contributed by atoms with van der Waals surface area (Å²) in [6.07, 6.45) is 1.08. The van der Waals surface area contributed by atoms with Crippen LogP contribution in [-0.2, 0) is 0 Å². The summed E-state index contributed by atoms with van der Waals surface area (Å²) in [5.41, 5.74) is 1.99. The van der Waals surface area contributed by atoms with Gasteiger partial charge in [0.2, 0.25) is 5.65 Å². The molecule has 12 heavy (non-hydrogen) atoms. The van der Waals surface area contributed by atoms with E-state index in [0.29, 0.717) is 11.2 Å². The van der Waals surface area contributed by atoms with Gasteiger partial charge < -0.3 is 5.11 Å². The van der Waals surface area contributed by atoms with Crippen molar-refractivity contribution in [3.05, 3.63) is 17.8 Å². The summed E-state index contributed by atoms with van der Waals surface area (Å²) in [6.45, 7) is 1.68. The average Bonchev–Trinajstić information content (AvgIpc) is 2.49. The van der Waals surface area contributed by atoms with Crippen LogP contribution in [0.3, 0.4) is 0 Å². The van der Waals surface area contributed by atoms with Crippen molar-refractivity contribution in [2.24, 2.45) is 0 Å². The molecular weight excluding hydrogens is 156 g/mol. The predicted octanol–water partition coefficient (Wildman–Crippen LogP) is 0.406. The van der Waals surface area contributed by atoms with Crippen LogP contribution in [-0.4, -0.2) is 25.5 Å². The maximum atomic E-state index is 9.22. The molecule has 0 amide bonds. The fourth-order valence-corrected chi connectivity index (χ4v) is 0.985. The van der Waals surface area contributed by atoms with Gasteiger partial charge in [0.25, 0.3) is 0 Å². The third-order valence-electron chi connectivity index (χ3n) is 1.68. The first-order chi connectivity index (χ1) is 5.77. The maximum Gasteiger partial charge on any atom is 0.201 e. The molecule has 2 aromatic heterocycles.